The molecule has 0 radical (unpaired) electrons. The highest BCUT2D eigenvalue weighted by molar-refractivity contribution is 7.99. The molecule has 0 unspecified atom stereocenters. The van der Waals surface area contributed by atoms with E-state index in [1.807, 2.05) is 0 Å². The van der Waals surface area contributed by atoms with Crippen molar-refractivity contribution in [3.63, 3.8) is 0 Å². The minimum absolute atomic E-state index is 0.267. The van der Waals surface area contributed by atoms with Gasteiger partial charge in [-0.3, -0.25) is 5.10 Å². The lowest BCUT2D eigenvalue weighted by atomic mass is 10.2. The van der Waals surface area contributed by atoms with Crippen LogP contribution < -0.4 is 0 Å². The molecule has 0 atom stereocenters. The van der Waals surface area contributed by atoms with Crippen LogP contribution in [0.1, 0.15) is 37.1 Å². The van der Waals surface area contributed by atoms with Crippen molar-refractivity contribution in [3.05, 3.63) is 23.7 Å². The van der Waals surface area contributed by atoms with E-state index in [0.29, 0.717) is 23.0 Å². The second-order valence-electron chi connectivity index (χ2n) is 6.07. The highest BCUT2D eigenvalue weighted by Gasteiger charge is 2.34. The molecule has 1 aliphatic rings. The molecule has 3 aromatic heterocycles. The molecule has 1 aliphatic carbocycles. The number of alkyl halides is 3. The van der Waals surface area contributed by atoms with E-state index in [-0.39, 0.29) is 5.52 Å². The molecule has 25 heavy (non-hydrogen) atoms. The SMILES string of the molecule is CCSc1c(-c2nc3cc(C(F)(F)F)ncc3n2C)n[nH]c1C1CC1. The number of imidazole rings is 1. The summed E-state index contributed by atoms with van der Waals surface area (Å²) in [5.74, 6) is 1.94. The van der Waals surface area contributed by atoms with Crippen molar-refractivity contribution in [2.45, 2.75) is 36.8 Å². The summed E-state index contributed by atoms with van der Waals surface area (Å²) in [5, 5.41) is 7.53. The molecule has 1 saturated carbocycles. The molecule has 9 heteroatoms. The lowest BCUT2D eigenvalue weighted by Gasteiger charge is -2.05. The predicted octanol–water partition coefficient (Wildman–Crippen LogP) is 4.37. The van der Waals surface area contributed by atoms with Crippen LogP contribution in [0, 0.1) is 0 Å². The van der Waals surface area contributed by atoms with Crippen LogP contribution in [0.15, 0.2) is 17.2 Å². The van der Waals surface area contributed by atoms with E-state index in [2.05, 4.69) is 27.1 Å². The molecule has 132 valence electrons. The molecule has 0 aromatic carbocycles. The summed E-state index contributed by atoms with van der Waals surface area (Å²) in [7, 11) is 1.77. The van der Waals surface area contributed by atoms with Crippen molar-refractivity contribution in [2.75, 3.05) is 5.75 Å². The van der Waals surface area contributed by atoms with Gasteiger partial charge in [0.2, 0.25) is 0 Å². The molecular formula is C16H16F3N5S. The standard InChI is InChI=1S/C16H16F3N5S/c1-3-25-14-12(8-4-5-8)22-23-13(14)15-21-9-6-11(16(17,18)19)20-7-10(9)24(15)2/h6-8H,3-5H2,1-2H3,(H,22,23). The summed E-state index contributed by atoms with van der Waals surface area (Å²) in [6, 6.07) is 0.986. The Balaban J connectivity index is 1.85. The summed E-state index contributed by atoms with van der Waals surface area (Å²) in [4.78, 5) is 9.00. The maximum atomic E-state index is 12.9. The van der Waals surface area contributed by atoms with Crippen LogP contribution in [0.5, 0.6) is 0 Å². The lowest BCUT2D eigenvalue weighted by Crippen LogP contribution is -2.07. The van der Waals surface area contributed by atoms with Crippen LogP contribution in [0.2, 0.25) is 0 Å². The van der Waals surface area contributed by atoms with Crippen LogP contribution in [-0.2, 0) is 13.2 Å². The fourth-order valence-corrected chi connectivity index (χ4v) is 3.82. The van der Waals surface area contributed by atoms with E-state index < -0.39 is 11.9 Å². The molecule has 0 aliphatic heterocycles. The summed E-state index contributed by atoms with van der Waals surface area (Å²) >= 11 is 1.68. The molecule has 1 fully saturated rings. The van der Waals surface area contributed by atoms with Crippen molar-refractivity contribution in [1.82, 2.24) is 24.7 Å². The number of pyridine rings is 1. The molecule has 3 aromatic rings. The van der Waals surface area contributed by atoms with Crippen molar-refractivity contribution < 1.29 is 13.2 Å². The Morgan fingerprint density at radius 3 is 2.76 bits per heavy atom. The summed E-state index contributed by atoms with van der Waals surface area (Å²) in [6.07, 6.45) is -0.989. The molecule has 5 nitrogen and oxygen atoms in total. The third-order valence-corrected chi connectivity index (χ3v) is 5.28. The quantitative estimate of drug-likeness (QED) is 0.696. The highest BCUT2D eigenvalue weighted by atomic mass is 32.2. The van der Waals surface area contributed by atoms with Gasteiger partial charge in [0.1, 0.15) is 11.4 Å². The van der Waals surface area contributed by atoms with E-state index in [4.69, 9.17) is 0 Å². The fraction of sp³-hybridized carbons (Fsp3) is 0.438. The third kappa shape index (κ3) is 2.80. The van der Waals surface area contributed by atoms with Crippen molar-refractivity contribution in [3.8, 4) is 11.5 Å². The fourth-order valence-electron chi connectivity index (χ4n) is 2.89. The number of hydrogen-bond acceptors (Lipinski definition) is 4. The Labute approximate surface area is 146 Å². The molecule has 1 N–H and O–H groups in total. The lowest BCUT2D eigenvalue weighted by molar-refractivity contribution is -0.141. The van der Waals surface area contributed by atoms with E-state index in [1.165, 1.54) is 6.20 Å². The van der Waals surface area contributed by atoms with Crippen LogP contribution in [-0.4, -0.2) is 30.5 Å². The molecule has 0 saturated heterocycles. The first-order valence-corrected chi connectivity index (χ1v) is 8.99. The first-order chi connectivity index (χ1) is 11.9. The van der Waals surface area contributed by atoms with Gasteiger partial charge in [-0.1, -0.05) is 6.92 Å². The van der Waals surface area contributed by atoms with Gasteiger partial charge in [0.25, 0.3) is 0 Å². The van der Waals surface area contributed by atoms with Gasteiger partial charge in [0, 0.05) is 13.0 Å². The molecule has 0 spiro atoms. The summed E-state index contributed by atoms with van der Waals surface area (Å²) in [5.41, 5.74) is 1.69. The number of halogens is 3. The Morgan fingerprint density at radius 1 is 1.36 bits per heavy atom. The number of aromatic amines is 1. The first kappa shape index (κ1) is 16.4. The van der Waals surface area contributed by atoms with E-state index in [0.717, 1.165) is 35.3 Å². The third-order valence-electron chi connectivity index (χ3n) is 4.29. The number of thioether (sulfide) groups is 1. The molecular weight excluding hydrogens is 351 g/mol. The molecule has 0 amide bonds. The summed E-state index contributed by atoms with van der Waals surface area (Å²) < 4.78 is 40.4. The van der Waals surface area contributed by atoms with Gasteiger partial charge in [0.15, 0.2) is 5.82 Å². The Morgan fingerprint density at radius 2 is 2.12 bits per heavy atom. The summed E-state index contributed by atoms with van der Waals surface area (Å²) in [6.45, 7) is 2.06. The number of aryl methyl sites for hydroxylation is 1. The largest absolute Gasteiger partial charge is 0.433 e. The number of nitrogens with one attached hydrogen (secondary N) is 1. The van der Waals surface area contributed by atoms with Crippen molar-refractivity contribution in [1.29, 1.82) is 0 Å². The van der Waals surface area contributed by atoms with Gasteiger partial charge in [0.05, 0.1) is 27.8 Å². The zero-order valence-electron chi connectivity index (χ0n) is 13.7. The zero-order valence-corrected chi connectivity index (χ0v) is 14.5. The molecule has 0 bridgehead atoms. The Bertz CT molecular complexity index is 939. The first-order valence-electron chi connectivity index (χ1n) is 8.01. The van der Waals surface area contributed by atoms with E-state index in [1.54, 1.807) is 23.4 Å². The Kier molecular flexibility index (Phi) is 3.78. The maximum absolute atomic E-state index is 12.9. The second kappa shape index (κ2) is 5.76. The van der Waals surface area contributed by atoms with Crippen LogP contribution >= 0.6 is 11.8 Å². The number of nitrogens with zero attached hydrogens (tertiary/aromatic N) is 4. The van der Waals surface area contributed by atoms with Gasteiger partial charge in [-0.05, 0) is 24.7 Å². The normalized spacial score (nSPS) is 15.2. The van der Waals surface area contributed by atoms with Crippen LogP contribution in [0.4, 0.5) is 13.2 Å². The van der Waals surface area contributed by atoms with Gasteiger partial charge in [-0.2, -0.15) is 18.3 Å². The average molecular weight is 367 g/mol. The molecule has 4 rings (SSSR count). The number of rotatable bonds is 4. The second-order valence-corrected chi connectivity index (χ2v) is 7.35. The average Bonchev–Trinajstić information content (AvgIpc) is 3.25. The van der Waals surface area contributed by atoms with Gasteiger partial charge in [-0.25, -0.2) is 9.97 Å². The Hall–Kier alpha value is -2.03. The number of H-pyrrole nitrogens is 1. The topological polar surface area (TPSA) is 59.4 Å². The van der Waals surface area contributed by atoms with Crippen molar-refractivity contribution in [2.24, 2.45) is 7.05 Å². The predicted molar refractivity (Wildman–Crippen MR) is 89.5 cm³/mol. The minimum Gasteiger partial charge on any atom is -0.324 e. The maximum Gasteiger partial charge on any atom is 0.433 e. The molecule has 3 heterocycles. The monoisotopic (exact) mass is 367 g/mol. The van der Waals surface area contributed by atoms with Crippen molar-refractivity contribution >= 4 is 22.8 Å². The minimum atomic E-state index is -4.49. The van der Waals surface area contributed by atoms with Gasteiger partial charge >= 0.3 is 6.18 Å². The van der Waals surface area contributed by atoms with Gasteiger partial charge < -0.3 is 4.57 Å². The number of aromatic nitrogens is 5. The number of fused-ring (bicyclic) bond motifs is 1. The highest BCUT2D eigenvalue weighted by Crippen LogP contribution is 2.46. The van der Waals surface area contributed by atoms with E-state index in [9.17, 15) is 13.2 Å². The smallest absolute Gasteiger partial charge is 0.324 e. The van der Waals surface area contributed by atoms with Gasteiger partial charge in [-0.15, -0.1) is 11.8 Å². The zero-order chi connectivity index (χ0) is 17.8. The number of hydrogen-bond donors (Lipinski definition) is 1. The van der Waals surface area contributed by atoms with Crippen LogP contribution in [0.25, 0.3) is 22.6 Å². The van der Waals surface area contributed by atoms with E-state index >= 15 is 0 Å². The van der Waals surface area contributed by atoms with Crippen LogP contribution in [0.3, 0.4) is 0 Å².